The van der Waals surface area contributed by atoms with Gasteiger partial charge in [-0.2, -0.15) is 0 Å². The number of ether oxygens (including phenoxy) is 5. The first-order valence-electron chi connectivity index (χ1n) is 26.0. The Labute approximate surface area is 417 Å². The highest BCUT2D eigenvalue weighted by atomic mass is 16.6. The van der Waals surface area contributed by atoms with Crippen LogP contribution in [0.25, 0.3) is 0 Å². The highest BCUT2D eigenvalue weighted by Crippen LogP contribution is 2.39. The summed E-state index contributed by atoms with van der Waals surface area (Å²) < 4.78 is 29.5. The van der Waals surface area contributed by atoms with Crippen molar-refractivity contribution in [1.82, 2.24) is 10.2 Å². The van der Waals surface area contributed by atoms with Gasteiger partial charge < -0.3 is 44.1 Å². The molecule has 0 aromatic heterocycles. The number of alkyl carbamates (subject to hydrolysis) is 1. The lowest BCUT2D eigenvalue weighted by atomic mass is 9.75. The van der Waals surface area contributed by atoms with E-state index in [1.54, 1.807) is 40.9 Å². The molecule has 3 fully saturated rings. The van der Waals surface area contributed by atoms with Gasteiger partial charge in [-0.3, -0.25) is 19.2 Å². The molecule has 15 nitrogen and oxygen atoms in total. The summed E-state index contributed by atoms with van der Waals surface area (Å²) in [7, 11) is 3.08. The highest BCUT2D eigenvalue weighted by molar-refractivity contribution is 6.39. The van der Waals surface area contributed by atoms with Gasteiger partial charge in [-0.15, -0.1) is 0 Å². The van der Waals surface area contributed by atoms with Crippen molar-refractivity contribution in [2.24, 2.45) is 47.3 Å². The molecule has 3 N–H and O–H groups in total. The standard InChI is InChI=1S/C55H86N2O13/c1-33-17-13-12-14-18-34(2)47(66-11)31-43-22-20-40(8)55(65,70-43)51(61)52(62)57-24-16-15-19-44(57)53(63)69-48(32-45(58)35(3)28-39(7)50(60)41(9)49(59)38(6)27-33)37(5)30-42-21-23-46(36(4)29-42)67-25-26-68-54(64)56-10/h12-14,17-18,28,33,35-38,40-44,46-48,50,60,65H,15-16,19-27,29-32H2,1-11H3,(H,56,64)/b14-12+,17-13+,34-18+,39-28+/t33-,35-,36-,37-,38-,40-,41+,42-,43+,44+,46?,47+,48+,50-,55-/m1/s1. The Morgan fingerprint density at radius 2 is 1.64 bits per heavy atom. The number of rotatable bonds is 8. The molecule has 70 heavy (non-hydrogen) atoms. The largest absolute Gasteiger partial charge is 0.460 e. The SMILES string of the molecule is CNC(=O)OCCOC1CC[C@@H](C[C@@H](C)[C@@H]2CC(=O)[C@H](C)/C=C(\C)[C@@H](O)[C@@H](C)C(=O)[C@H](C)C[C@H](C)/C=C/C=C/C=C(\C)[C@@H](OC)C[C@@H]3CC[C@@H](C)[C@@](O)(O3)C(=O)C(=O)N3CCCC[C@H]3C(=O)O2)C[C@H]1C. The number of piperidine rings is 1. The molecule has 0 aromatic rings. The molecular weight excluding hydrogens is 897 g/mol. The summed E-state index contributed by atoms with van der Waals surface area (Å²) in [6.07, 6.45) is 14.0. The number of esters is 1. The molecule has 394 valence electrons. The average molecular weight is 983 g/mol. The number of nitrogens with zero attached hydrogens (tertiary/aromatic N) is 1. The first-order valence-corrected chi connectivity index (χ1v) is 26.0. The Kier molecular flexibility index (Phi) is 23.2. The molecule has 3 heterocycles. The molecule has 2 amide bonds. The lowest BCUT2D eigenvalue weighted by Crippen LogP contribution is -2.61. The van der Waals surface area contributed by atoms with Crippen molar-refractivity contribution >= 4 is 35.3 Å². The van der Waals surface area contributed by atoms with Gasteiger partial charge in [0.25, 0.3) is 11.7 Å². The minimum absolute atomic E-state index is 0.0163. The van der Waals surface area contributed by atoms with E-state index in [4.69, 9.17) is 23.7 Å². The number of methoxy groups -OCH3 is 1. The van der Waals surface area contributed by atoms with Crippen LogP contribution in [0, 0.1) is 47.3 Å². The predicted molar refractivity (Wildman–Crippen MR) is 266 cm³/mol. The van der Waals surface area contributed by atoms with E-state index in [0.717, 1.165) is 24.8 Å². The summed E-state index contributed by atoms with van der Waals surface area (Å²) in [4.78, 5) is 83.6. The number of aliphatic hydroxyl groups is 2. The Morgan fingerprint density at radius 1 is 0.914 bits per heavy atom. The lowest BCUT2D eigenvalue weighted by Gasteiger charge is -2.42. The van der Waals surface area contributed by atoms with Crippen molar-refractivity contribution in [1.29, 1.82) is 0 Å². The molecule has 1 unspecified atom stereocenters. The molecule has 4 aliphatic rings. The zero-order valence-corrected chi connectivity index (χ0v) is 44.0. The number of ketones is 3. The third kappa shape index (κ3) is 16.2. The molecule has 2 bridgehead atoms. The van der Waals surface area contributed by atoms with Crippen LogP contribution in [0.1, 0.15) is 139 Å². The van der Waals surface area contributed by atoms with Crippen molar-refractivity contribution in [2.75, 3.05) is 33.9 Å². The van der Waals surface area contributed by atoms with Gasteiger partial charge in [0.15, 0.2) is 0 Å². The third-order valence-corrected chi connectivity index (χ3v) is 15.5. The number of fused-ring (bicyclic) bond motifs is 3. The van der Waals surface area contributed by atoms with Gasteiger partial charge in [0.05, 0.1) is 31.0 Å². The number of carbonyl (C=O) groups is 6. The van der Waals surface area contributed by atoms with Crippen LogP contribution >= 0.6 is 0 Å². The van der Waals surface area contributed by atoms with Gasteiger partial charge in [0.1, 0.15) is 30.3 Å². The number of carbonyl (C=O) groups excluding carboxylic acids is 6. The summed E-state index contributed by atoms with van der Waals surface area (Å²) in [5.74, 6) is -7.82. The maximum atomic E-state index is 14.5. The molecule has 0 aromatic carbocycles. The summed E-state index contributed by atoms with van der Waals surface area (Å²) in [6, 6.07) is -1.13. The normalized spacial score (nSPS) is 38.2. The van der Waals surface area contributed by atoms with Crippen LogP contribution in [0.4, 0.5) is 4.79 Å². The summed E-state index contributed by atoms with van der Waals surface area (Å²) >= 11 is 0. The molecule has 0 radical (unpaired) electrons. The summed E-state index contributed by atoms with van der Waals surface area (Å²) in [5, 5.41) is 25.8. The number of aliphatic hydroxyl groups excluding tert-OH is 1. The van der Waals surface area contributed by atoms with Crippen LogP contribution in [-0.4, -0.2) is 127 Å². The zero-order valence-electron chi connectivity index (χ0n) is 44.0. The van der Waals surface area contributed by atoms with Crippen LogP contribution in [0.15, 0.2) is 47.6 Å². The Balaban J connectivity index is 1.64. The lowest BCUT2D eigenvalue weighted by molar-refractivity contribution is -0.265. The molecule has 2 saturated heterocycles. The van der Waals surface area contributed by atoms with E-state index < -0.39 is 77.8 Å². The van der Waals surface area contributed by atoms with Crippen LogP contribution in [0.3, 0.4) is 0 Å². The van der Waals surface area contributed by atoms with Gasteiger partial charge in [-0.05, 0) is 113 Å². The molecule has 4 rings (SSSR count). The number of cyclic esters (lactones) is 1. The van der Waals surface area contributed by atoms with E-state index in [9.17, 15) is 39.0 Å². The molecule has 15 atom stereocenters. The van der Waals surface area contributed by atoms with E-state index >= 15 is 0 Å². The molecule has 3 aliphatic heterocycles. The van der Waals surface area contributed by atoms with Crippen LogP contribution in [0.5, 0.6) is 0 Å². The predicted octanol–water partition coefficient (Wildman–Crippen LogP) is 7.80. The number of Topliss-reactive ketones (excluding diaryl/α,β-unsaturated/α-hetero) is 3. The van der Waals surface area contributed by atoms with E-state index in [1.165, 1.54) is 11.9 Å². The number of hydrogen-bond donors (Lipinski definition) is 3. The molecule has 15 heteroatoms. The fraction of sp³-hybridized carbons (Fsp3) is 0.745. The van der Waals surface area contributed by atoms with Crippen molar-refractivity contribution in [3.05, 3.63) is 47.6 Å². The maximum absolute atomic E-state index is 14.5. The molecule has 1 aliphatic carbocycles. The van der Waals surface area contributed by atoms with E-state index in [2.05, 4.69) is 12.2 Å². The Bertz CT molecular complexity index is 1910. The number of hydrogen-bond acceptors (Lipinski definition) is 13. The molecule has 0 spiro atoms. The van der Waals surface area contributed by atoms with Gasteiger partial charge in [-0.25, -0.2) is 9.59 Å². The second-order valence-corrected chi connectivity index (χ2v) is 21.2. The fourth-order valence-corrected chi connectivity index (χ4v) is 10.9. The summed E-state index contributed by atoms with van der Waals surface area (Å²) in [5.41, 5.74) is 1.39. The van der Waals surface area contributed by atoms with E-state index in [-0.39, 0.29) is 79.9 Å². The topological polar surface area (TPSA) is 204 Å². The quantitative estimate of drug-likeness (QED) is 0.0921. The second-order valence-electron chi connectivity index (χ2n) is 21.2. The minimum atomic E-state index is -2.43. The number of nitrogens with one attached hydrogen (secondary N) is 1. The van der Waals surface area contributed by atoms with Crippen LogP contribution < -0.4 is 5.32 Å². The third-order valence-electron chi connectivity index (χ3n) is 15.5. The van der Waals surface area contributed by atoms with Gasteiger partial charge >= 0.3 is 12.1 Å². The van der Waals surface area contributed by atoms with Crippen molar-refractivity contribution in [3.63, 3.8) is 0 Å². The monoisotopic (exact) mass is 983 g/mol. The first-order chi connectivity index (χ1) is 33.1. The molecule has 1 saturated carbocycles. The summed E-state index contributed by atoms with van der Waals surface area (Å²) in [6.45, 7) is 17.3. The van der Waals surface area contributed by atoms with E-state index in [0.29, 0.717) is 50.5 Å². The first kappa shape index (κ1) is 58.5. The van der Waals surface area contributed by atoms with Gasteiger partial charge in [0, 0.05) is 57.2 Å². The van der Waals surface area contributed by atoms with Crippen LogP contribution in [-0.2, 0) is 47.7 Å². The van der Waals surface area contributed by atoms with Crippen molar-refractivity contribution in [3.8, 4) is 0 Å². The van der Waals surface area contributed by atoms with Crippen molar-refractivity contribution < 1.29 is 62.7 Å². The Morgan fingerprint density at radius 3 is 2.33 bits per heavy atom. The zero-order chi connectivity index (χ0) is 51.9. The number of amides is 2. The van der Waals surface area contributed by atoms with Gasteiger partial charge in [0.2, 0.25) is 5.79 Å². The fourth-order valence-electron chi connectivity index (χ4n) is 10.9. The van der Waals surface area contributed by atoms with E-state index in [1.807, 2.05) is 58.1 Å². The van der Waals surface area contributed by atoms with Crippen molar-refractivity contribution in [2.45, 2.75) is 182 Å². The average Bonchev–Trinajstić information content (AvgIpc) is 3.33. The molecular formula is C55H86N2O13. The van der Waals surface area contributed by atoms with Gasteiger partial charge in [-0.1, -0.05) is 84.9 Å². The second kappa shape index (κ2) is 27.7. The maximum Gasteiger partial charge on any atom is 0.406 e. The minimum Gasteiger partial charge on any atom is -0.460 e. The van der Waals surface area contributed by atoms with Crippen LogP contribution in [0.2, 0.25) is 0 Å². The number of allylic oxidation sites excluding steroid dienone is 6. The Hall–Kier alpha value is -4.02. The highest BCUT2D eigenvalue weighted by Gasteiger charge is 2.53. The smallest absolute Gasteiger partial charge is 0.406 e.